The second kappa shape index (κ2) is 20.8. The van der Waals surface area contributed by atoms with Crippen LogP contribution in [0.25, 0.3) is 0 Å². The number of thiophene rings is 1. The third-order valence-corrected chi connectivity index (χ3v) is 10.5. The Kier molecular flexibility index (Phi) is 15.4. The van der Waals surface area contributed by atoms with Crippen molar-refractivity contribution in [2.24, 2.45) is 5.73 Å². The van der Waals surface area contributed by atoms with Gasteiger partial charge in [0.1, 0.15) is 16.5 Å². The van der Waals surface area contributed by atoms with E-state index in [1.165, 1.54) is 66.7 Å². The molecule has 0 bridgehead atoms. The van der Waals surface area contributed by atoms with Gasteiger partial charge in [-0.1, -0.05) is 36.4 Å². The lowest BCUT2D eigenvalue weighted by atomic mass is 9.95. The number of Topliss-reactive ketones (excluding diaryl/α,β-unsaturated/α-hetero) is 3. The maximum Gasteiger partial charge on any atom is 0.339 e. The largest absolute Gasteiger partial charge is 0.504 e. The minimum atomic E-state index is -1.39. The molecular weight excluding hydrogens is 845 g/mol. The van der Waals surface area contributed by atoms with Gasteiger partial charge in [-0.2, -0.15) is 5.26 Å². The summed E-state index contributed by atoms with van der Waals surface area (Å²) in [6.45, 7) is 6.73. The first-order valence-corrected chi connectivity index (χ1v) is 20.6. The normalized spacial score (nSPS) is 11.3. The number of phenols is 2. The molecule has 7 N–H and O–H groups in total. The Morgan fingerprint density at radius 1 is 0.688 bits per heavy atom. The van der Waals surface area contributed by atoms with Crippen LogP contribution in [0.5, 0.6) is 23.0 Å². The van der Waals surface area contributed by atoms with Crippen molar-refractivity contribution in [3.05, 3.63) is 134 Å². The molecule has 330 valence electrons. The van der Waals surface area contributed by atoms with Gasteiger partial charge in [0.15, 0.2) is 40.3 Å². The molecule has 0 spiro atoms. The number of hydrogen-bond acceptors (Lipinski definition) is 13. The molecule has 0 aliphatic carbocycles. The molecule has 0 saturated heterocycles. The molecule has 0 aliphatic rings. The van der Waals surface area contributed by atoms with Gasteiger partial charge in [0, 0.05) is 47.2 Å². The van der Waals surface area contributed by atoms with Crippen molar-refractivity contribution in [3.8, 4) is 29.1 Å². The molecule has 5 rings (SSSR count). The number of rotatable bonds is 20. The molecule has 1 aromatic heterocycles. The summed E-state index contributed by atoms with van der Waals surface area (Å²) >= 11 is 1.03. The summed E-state index contributed by atoms with van der Waals surface area (Å²) in [5, 5.41) is 45.7. The lowest BCUT2D eigenvalue weighted by Gasteiger charge is -2.19. The predicted molar refractivity (Wildman–Crippen MR) is 234 cm³/mol. The Morgan fingerprint density at radius 2 is 1.23 bits per heavy atom. The summed E-state index contributed by atoms with van der Waals surface area (Å²) in [7, 11) is 0. The first-order valence-electron chi connectivity index (χ1n) is 19.8. The number of carboxylic acid groups (broad SMARTS) is 1. The second-order valence-corrected chi connectivity index (χ2v) is 16.2. The van der Waals surface area contributed by atoms with Crippen molar-refractivity contribution in [3.63, 3.8) is 0 Å². The molecule has 0 unspecified atom stereocenters. The van der Waals surface area contributed by atoms with Crippen LogP contribution in [0.15, 0.2) is 84.9 Å². The standard InChI is InChI=1S/C47H44N4O12S/c1-24(2)62-43-29(11-16-33(41(43)56)37(53)21-30-12-17-34(47(60)61)42(57)44(30)63-25(3)4)20-36(52)27-7-5-26(6-8-27)19-38(54)35(22-40(49)55)51-45(58)28-9-13-31(14-10-28)50-46(59)39-18-15-32(23-48)64-39/h5-18,24-25,35,56-57H,19-22H2,1-4H3,(H2,49,55)(H,50,59)(H,51,58)(H,60,61)/t35-/m0/s1. The number of hydrogen-bond donors (Lipinski definition) is 6. The monoisotopic (exact) mass is 888 g/mol. The second-order valence-electron chi connectivity index (χ2n) is 15.1. The summed E-state index contributed by atoms with van der Waals surface area (Å²) in [5.74, 6) is -6.25. The number of carboxylic acids is 1. The SMILES string of the molecule is CC(C)Oc1c(CC(=O)c2ccc(CC(=O)c3ccc(CC(=O)[C@H](CC(N)=O)NC(=O)c4ccc(NC(=O)c5ccc(C#N)s5)cc4)cc3)c(OC(C)C)c2O)ccc(C(=O)O)c1O. The molecular formula is C47H44N4O12S. The molecule has 1 heterocycles. The average molecular weight is 889 g/mol. The minimum absolute atomic E-state index is 0.0885. The number of carbonyl (C=O) groups is 7. The summed E-state index contributed by atoms with van der Waals surface area (Å²) < 4.78 is 11.6. The highest BCUT2D eigenvalue weighted by Gasteiger charge is 2.27. The van der Waals surface area contributed by atoms with Crippen LogP contribution in [0.3, 0.4) is 0 Å². The zero-order chi connectivity index (χ0) is 46.8. The number of ketones is 3. The zero-order valence-electron chi connectivity index (χ0n) is 35.1. The van der Waals surface area contributed by atoms with E-state index in [0.29, 0.717) is 21.0 Å². The number of anilines is 1. The van der Waals surface area contributed by atoms with Crippen LogP contribution < -0.4 is 25.8 Å². The number of amides is 3. The third kappa shape index (κ3) is 12.0. The Labute approximate surface area is 371 Å². The number of nitrogens with two attached hydrogens (primary N) is 1. The van der Waals surface area contributed by atoms with Crippen molar-refractivity contribution in [2.75, 3.05) is 5.32 Å². The number of nitrogens with one attached hydrogen (secondary N) is 2. The van der Waals surface area contributed by atoms with E-state index in [-0.39, 0.29) is 58.6 Å². The van der Waals surface area contributed by atoms with Crippen LogP contribution in [0.4, 0.5) is 5.69 Å². The number of nitrogens with zero attached hydrogens (tertiary/aromatic N) is 1. The van der Waals surface area contributed by atoms with Crippen LogP contribution in [-0.4, -0.2) is 74.6 Å². The van der Waals surface area contributed by atoms with E-state index in [2.05, 4.69) is 10.6 Å². The van der Waals surface area contributed by atoms with Crippen molar-refractivity contribution >= 4 is 58.1 Å². The molecule has 0 radical (unpaired) electrons. The molecule has 0 fully saturated rings. The van der Waals surface area contributed by atoms with E-state index >= 15 is 0 Å². The molecule has 4 aromatic carbocycles. The van der Waals surface area contributed by atoms with Crippen LogP contribution >= 0.6 is 11.3 Å². The number of nitriles is 1. The Morgan fingerprint density at radius 3 is 1.77 bits per heavy atom. The van der Waals surface area contributed by atoms with E-state index < -0.39 is 82.8 Å². The quantitative estimate of drug-likeness (QED) is 0.0476. The van der Waals surface area contributed by atoms with Gasteiger partial charge >= 0.3 is 5.97 Å². The number of carbonyl (C=O) groups excluding carboxylic acids is 6. The molecule has 17 heteroatoms. The predicted octanol–water partition coefficient (Wildman–Crippen LogP) is 6.19. The van der Waals surface area contributed by atoms with Gasteiger partial charge in [-0.05, 0) is 81.8 Å². The van der Waals surface area contributed by atoms with Crippen LogP contribution in [0, 0.1) is 11.3 Å². The Bertz CT molecular complexity index is 2660. The first kappa shape index (κ1) is 47.2. The molecule has 0 aliphatic heterocycles. The summed E-state index contributed by atoms with van der Waals surface area (Å²) in [6, 6.07) is 21.0. The van der Waals surface area contributed by atoms with Gasteiger partial charge in [-0.15, -0.1) is 11.3 Å². The van der Waals surface area contributed by atoms with Crippen molar-refractivity contribution in [1.29, 1.82) is 5.26 Å². The first-order chi connectivity index (χ1) is 30.3. The fraction of sp³-hybridized carbons (Fsp3) is 0.234. The lowest BCUT2D eigenvalue weighted by molar-refractivity contribution is -0.125. The fourth-order valence-corrected chi connectivity index (χ4v) is 7.12. The van der Waals surface area contributed by atoms with Crippen molar-refractivity contribution in [2.45, 2.75) is 71.6 Å². The smallest absolute Gasteiger partial charge is 0.339 e. The van der Waals surface area contributed by atoms with Gasteiger partial charge < -0.3 is 41.2 Å². The molecule has 0 saturated carbocycles. The van der Waals surface area contributed by atoms with Gasteiger partial charge in [-0.25, -0.2) is 4.79 Å². The summed E-state index contributed by atoms with van der Waals surface area (Å²) in [4.78, 5) is 90.4. The highest BCUT2D eigenvalue weighted by Crippen LogP contribution is 2.39. The maximum absolute atomic E-state index is 13.6. The number of aromatic hydroxyl groups is 2. The number of primary amides is 1. The summed E-state index contributed by atoms with van der Waals surface area (Å²) in [6.07, 6.45) is -2.29. The number of ether oxygens (including phenoxy) is 2. The minimum Gasteiger partial charge on any atom is -0.504 e. The number of phenolic OH excluding ortho intramolecular Hbond substituents is 1. The van der Waals surface area contributed by atoms with Crippen LogP contribution in [-0.2, 0) is 28.9 Å². The topological polar surface area (TPSA) is 273 Å². The number of aromatic carboxylic acids is 1. The Hall–Kier alpha value is -7.84. The summed E-state index contributed by atoms with van der Waals surface area (Å²) in [5.41, 5.74) is 6.55. The maximum atomic E-state index is 13.6. The zero-order valence-corrected chi connectivity index (χ0v) is 35.9. The molecule has 16 nitrogen and oxygen atoms in total. The molecule has 64 heavy (non-hydrogen) atoms. The van der Waals surface area contributed by atoms with E-state index in [0.717, 1.165) is 17.4 Å². The van der Waals surface area contributed by atoms with Crippen molar-refractivity contribution < 1.29 is 58.4 Å². The van der Waals surface area contributed by atoms with Crippen LogP contribution in [0.1, 0.15) is 107 Å². The van der Waals surface area contributed by atoms with Gasteiger partial charge in [0.2, 0.25) is 5.91 Å². The lowest BCUT2D eigenvalue weighted by Crippen LogP contribution is -2.44. The highest BCUT2D eigenvalue weighted by molar-refractivity contribution is 7.14. The van der Waals surface area contributed by atoms with E-state index in [9.17, 15) is 48.9 Å². The molecule has 5 aromatic rings. The highest BCUT2D eigenvalue weighted by atomic mass is 32.1. The third-order valence-electron chi connectivity index (χ3n) is 9.46. The van der Waals surface area contributed by atoms with Crippen LogP contribution in [0.2, 0.25) is 0 Å². The van der Waals surface area contributed by atoms with Crippen molar-refractivity contribution in [1.82, 2.24) is 5.32 Å². The van der Waals surface area contributed by atoms with Gasteiger partial charge in [0.05, 0.1) is 35.1 Å². The fourth-order valence-electron chi connectivity index (χ4n) is 6.42. The molecule has 3 amide bonds. The van der Waals surface area contributed by atoms with Gasteiger partial charge in [0.25, 0.3) is 11.8 Å². The number of benzene rings is 4. The van der Waals surface area contributed by atoms with Gasteiger partial charge in [-0.3, -0.25) is 28.8 Å². The Balaban J connectivity index is 1.25. The van der Waals surface area contributed by atoms with E-state index in [1.54, 1.807) is 39.8 Å². The molecule has 1 atom stereocenters. The van der Waals surface area contributed by atoms with E-state index in [4.69, 9.17) is 20.5 Å². The van der Waals surface area contributed by atoms with E-state index in [1.807, 2.05) is 6.07 Å². The average Bonchev–Trinajstić information content (AvgIpc) is 3.73.